The highest BCUT2D eigenvalue weighted by atomic mass is 19.3. The van der Waals surface area contributed by atoms with Crippen molar-refractivity contribution in [3.8, 4) is 5.75 Å². The van der Waals surface area contributed by atoms with Gasteiger partial charge in [-0.25, -0.2) is 4.79 Å². The molecule has 6 heteroatoms. The average Bonchev–Trinajstić information content (AvgIpc) is 2.48. The lowest BCUT2D eigenvalue weighted by molar-refractivity contribution is -0.0498. The minimum absolute atomic E-state index is 0.0601. The van der Waals surface area contributed by atoms with Crippen LogP contribution in [0.15, 0.2) is 36.4 Å². The van der Waals surface area contributed by atoms with Crippen molar-refractivity contribution >= 4 is 11.7 Å². The van der Waals surface area contributed by atoms with Crippen molar-refractivity contribution in [1.82, 2.24) is 5.32 Å². The Morgan fingerprint density at radius 3 is 2.67 bits per heavy atom. The molecule has 0 saturated heterocycles. The molecule has 1 aliphatic carbocycles. The summed E-state index contributed by atoms with van der Waals surface area (Å²) in [4.78, 5) is 11.7. The zero-order valence-corrected chi connectivity index (χ0v) is 11.5. The van der Waals surface area contributed by atoms with Gasteiger partial charge in [-0.15, -0.1) is 0 Å². The smallest absolute Gasteiger partial charge is 0.387 e. The van der Waals surface area contributed by atoms with Gasteiger partial charge >= 0.3 is 12.6 Å². The van der Waals surface area contributed by atoms with Crippen molar-refractivity contribution in [2.75, 3.05) is 11.9 Å². The zero-order valence-electron chi connectivity index (χ0n) is 11.5. The van der Waals surface area contributed by atoms with E-state index in [0.29, 0.717) is 18.2 Å². The van der Waals surface area contributed by atoms with Crippen LogP contribution in [0.25, 0.3) is 0 Å². The molecule has 0 bridgehead atoms. The molecule has 1 unspecified atom stereocenters. The number of rotatable bonds is 5. The van der Waals surface area contributed by atoms with Crippen LogP contribution in [0.1, 0.15) is 19.3 Å². The summed E-state index contributed by atoms with van der Waals surface area (Å²) in [6, 6.07) is 5.50. The number of ether oxygens (including phenoxy) is 1. The van der Waals surface area contributed by atoms with Gasteiger partial charge in [-0.05, 0) is 49.4 Å². The Morgan fingerprint density at radius 2 is 2.05 bits per heavy atom. The lowest BCUT2D eigenvalue weighted by atomic mass is 9.94. The zero-order chi connectivity index (χ0) is 15.1. The quantitative estimate of drug-likeness (QED) is 0.813. The van der Waals surface area contributed by atoms with E-state index in [1.165, 1.54) is 24.3 Å². The second kappa shape index (κ2) is 7.61. The highest BCUT2D eigenvalue weighted by Crippen LogP contribution is 2.18. The maximum atomic E-state index is 12.0. The third-order valence-corrected chi connectivity index (χ3v) is 3.27. The molecule has 114 valence electrons. The molecule has 0 radical (unpaired) electrons. The summed E-state index contributed by atoms with van der Waals surface area (Å²) in [6.07, 6.45) is 7.41. The normalized spacial score (nSPS) is 17.6. The molecule has 1 aliphatic rings. The molecule has 2 N–H and O–H groups in total. The fourth-order valence-electron chi connectivity index (χ4n) is 2.17. The molecule has 1 aromatic carbocycles. The average molecular weight is 296 g/mol. The van der Waals surface area contributed by atoms with E-state index in [1.54, 1.807) is 0 Å². The number of allylic oxidation sites excluding steroid dienone is 2. The first kappa shape index (κ1) is 15.3. The van der Waals surface area contributed by atoms with Gasteiger partial charge in [0.2, 0.25) is 0 Å². The minimum atomic E-state index is -2.85. The molecule has 0 fully saturated rings. The van der Waals surface area contributed by atoms with Crippen molar-refractivity contribution in [3.63, 3.8) is 0 Å². The number of carbonyl (C=O) groups is 1. The summed E-state index contributed by atoms with van der Waals surface area (Å²) < 4.78 is 28.2. The molecule has 0 heterocycles. The fourth-order valence-corrected chi connectivity index (χ4v) is 2.17. The van der Waals surface area contributed by atoms with Crippen LogP contribution in [0, 0.1) is 5.92 Å². The molecule has 0 aromatic heterocycles. The largest absolute Gasteiger partial charge is 0.435 e. The fraction of sp³-hybridized carbons (Fsp3) is 0.400. The number of anilines is 1. The first-order chi connectivity index (χ1) is 10.1. The third kappa shape index (κ3) is 5.41. The van der Waals surface area contributed by atoms with E-state index in [1.807, 2.05) is 0 Å². The molecule has 4 nitrogen and oxygen atoms in total. The highest BCUT2D eigenvalue weighted by Gasteiger charge is 2.11. The number of nitrogens with one attached hydrogen (secondary N) is 2. The van der Waals surface area contributed by atoms with Crippen molar-refractivity contribution in [2.45, 2.75) is 25.9 Å². The van der Waals surface area contributed by atoms with Crippen LogP contribution in [0.3, 0.4) is 0 Å². The summed E-state index contributed by atoms with van der Waals surface area (Å²) in [6.45, 7) is -2.22. The Balaban J connectivity index is 1.75. The lowest BCUT2D eigenvalue weighted by Crippen LogP contribution is -2.33. The summed E-state index contributed by atoms with van der Waals surface area (Å²) in [5.74, 6) is 0.535. The van der Waals surface area contributed by atoms with E-state index in [-0.39, 0.29) is 11.8 Å². The van der Waals surface area contributed by atoms with E-state index in [2.05, 4.69) is 27.5 Å². The number of amides is 2. The first-order valence-electron chi connectivity index (χ1n) is 6.88. The molecule has 1 atom stereocenters. The number of urea groups is 1. The van der Waals surface area contributed by atoms with Gasteiger partial charge in [-0.1, -0.05) is 12.2 Å². The van der Waals surface area contributed by atoms with Crippen molar-refractivity contribution in [1.29, 1.82) is 0 Å². The number of hydrogen-bond donors (Lipinski definition) is 2. The van der Waals surface area contributed by atoms with Gasteiger partial charge < -0.3 is 15.4 Å². The standard InChI is InChI=1S/C15H18F2N2O2/c16-14(17)21-13-8-6-12(7-9-13)19-15(20)18-10-11-4-2-1-3-5-11/h1-2,6-9,11,14H,3-5,10H2,(H2,18,19,20). The molecular weight excluding hydrogens is 278 g/mol. The second-order valence-corrected chi connectivity index (χ2v) is 4.89. The summed E-state index contributed by atoms with van der Waals surface area (Å²) in [5, 5.41) is 5.46. The molecule has 0 saturated carbocycles. The molecule has 0 spiro atoms. The van der Waals surface area contributed by atoms with E-state index < -0.39 is 6.61 Å². The maximum Gasteiger partial charge on any atom is 0.387 e. The van der Waals surface area contributed by atoms with Crippen molar-refractivity contribution in [2.24, 2.45) is 5.92 Å². The topological polar surface area (TPSA) is 50.4 Å². The van der Waals surface area contributed by atoms with Crippen LogP contribution in [0.2, 0.25) is 0 Å². The lowest BCUT2D eigenvalue weighted by Gasteiger charge is -2.18. The Labute approximate surface area is 122 Å². The number of benzene rings is 1. The molecule has 1 aromatic rings. The molecule has 2 amide bonds. The number of halogens is 2. The molecular formula is C15H18F2N2O2. The molecule has 2 rings (SSSR count). The summed E-state index contributed by atoms with van der Waals surface area (Å²) in [7, 11) is 0. The van der Waals surface area contributed by atoms with Crippen molar-refractivity contribution < 1.29 is 18.3 Å². The summed E-state index contributed by atoms with van der Waals surface area (Å²) in [5.41, 5.74) is 0.526. The highest BCUT2D eigenvalue weighted by molar-refractivity contribution is 5.89. The Bertz CT molecular complexity index is 489. The van der Waals surface area contributed by atoms with Gasteiger partial charge in [0.25, 0.3) is 0 Å². The Hall–Kier alpha value is -2.11. The second-order valence-electron chi connectivity index (χ2n) is 4.89. The van der Waals surface area contributed by atoms with Crippen LogP contribution in [-0.2, 0) is 0 Å². The SMILES string of the molecule is O=C(NCC1CC=CCC1)Nc1ccc(OC(F)F)cc1. The number of alkyl halides is 2. The van der Waals surface area contributed by atoms with Gasteiger partial charge in [-0.3, -0.25) is 0 Å². The van der Waals surface area contributed by atoms with Crippen molar-refractivity contribution in [3.05, 3.63) is 36.4 Å². The molecule has 0 aliphatic heterocycles. The Morgan fingerprint density at radius 1 is 1.29 bits per heavy atom. The maximum absolute atomic E-state index is 12.0. The number of carbonyl (C=O) groups excluding carboxylic acids is 1. The first-order valence-corrected chi connectivity index (χ1v) is 6.88. The van der Waals surface area contributed by atoms with Crippen LogP contribution < -0.4 is 15.4 Å². The minimum Gasteiger partial charge on any atom is -0.435 e. The predicted octanol–water partition coefficient (Wildman–Crippen LogP) is 3.77. The van der Waals surface area contributed by atoms with Crippen LogP contribution in [0.4, 0.5) is 19.3 Å². The molecule has 21 heavy (non-hydrogen) atoms. The summed E-state index contributed by atoms with van der Waals surface area (Å²) >= 11 is 0. The van der Waals surface area contributed by atoms with Gasteiger partial charge in [0.1, 0.15) is 5.75 Å². The van der Waals surface area contributed by atoms with Gasteiger partial charge in [0, 0.05) is 12.2 Å². The predicted molar refractivity (Wildman–Crippen MR) is 76.6 cm³/mol. The number of hydrogen-bond acceptors (Lipinski definition) is 2. The van der Waals surface area contributed by atoms with Gasteiger partial charge in [0.05, 0.1) is 0 Å². The van der Waals surface area contributed by atoms with E-state index in [9.17, 15) is 13.6 Å². The monoisotopic (exact) mass is 296 g/mol. The van der Waals surface area contributed by atoms with Gasteiger partial charge in [-0.2, -0.15) is 8.78 Å². The van der Waals surface area contributed by atoms with Crippen LogP contribution >= 0.6 is 0 Å². The van der Waals surface area contributed by atoms with E-state index in [4.69, 9.17) is 0 Å². The van der Waals surface area contributed by atoms with Crippen LogP contribution in [-0.4, -0.2) is 19.2 Å². The Kier molecular flexibility index (Phi) is 5.54. The third-order valence-electron chi connectivity index (χ3n) is 3.27. The van der Waals surface area contributed by atoms with E-state index >= 15 is 0 Å². The van der Waals surface area contributed by atoms with Gasteiger partial charge in [0.15, 0.2) is 0 Å². The van der Waals surface area contributed by atoms with Crippen LogP contribution in [0.5, 0.6) is 5.75 Å². The van der Waals surface area contributed by atoms with E-state index in [0.717, 1.165) is 19.3 Å².